The third-order valence-electron chi connectivity index (χ3n) is 3.53. The average Bonchev–Trinajstić information content (AvgIpc) is 2.36. The number of halogens is 1. The van der Waals surface area contributed by atoms with E-state index in [1.807, 2.05) is 0 Å². The second-order valence-corrected chi connectivity index (χ2v) is 6.71. The van der Waals surface area contributed by atoms with Gasteiger partial charge in [0, 0.05) is 18.6 Å². The highest BCUT2D eigenvalue weighted by Gasteiger charge is 2.15. The zero-order chi connectivity index (χ0) is 15.3. The standard InChI is InChI=1S/C17H29ClN2/c1-6-15(19)9-14-7-8-17(16(18)10-14)20(13(4)5)11-12(2)3/h7-8,10,12-13,15H,6,9,11,19H2,1-5H3. The molecule has 2 nitrogen and oxygen atoms in total. The van der Waals surface area contributed by atoms with E-state index in [-0.39, 0.29) is 6.04 Å². The van der Waals surface area contributed by atoms with Gasteiger partial charge in [-0.1, -0.05) is 38.4 Å². The van der Waals surface area contributed by atoms with E-state index in [0.29, 0.717) is 12.0 Å². The van der Waals surface area contributed by atoms with Crippen molar-refractivity contribution < 1.29 is 0 Å². The molecule has 0 aromatic heterocycles. The fraction of sp³-hybridized carbons (Fsp3) is 0.647. The first-order valence-corrected chi connectivity index (χ1v) is 8.03. The van der Waals surface area contributed by atoms with E-state index in [0.717, 1.165) is 30.1 Å². The molecule has 0 bridgehead atoms. The highest BCUT2D eigenvalue weighted by Crippen LogP contribution is 2.29. The Balaban J connectivity index is 2.95. The Morgan fingerprint density at radius 1 is 1.20 bits per heavy atom. The lowest BCUT2D eigenvalue weighted by Crippen LogP contribution is -2.34. The molecular formula is C17H29ClN2. The smallest absolute Gasteiger partial charge is 0.0642 e. The Bertz CT molecular complexity index is 415. The normalized spacial score (nSPS) is 13.1. The number of benzene rings is 1. The second-order valence-electron chi connectivity index (χ2n) is 6.30. The predicted molar refractivity (Wildman–Crippen MR) is 90.7 cm³/mol. The van der Waals surface area contributed by atoms with Crippen molar-refractivity contribution in [2.45, 2.75) is 59.5 Å². The molecule has 1 aromatic carbocycles. The maximum atomic E-state index is 6.50. The molecule has 20 heavy (non-hydrogen) atoms. The molecule has 0 heterocycles. The molecule has 0 saturated carbocycles. The van der Waals surface area contributed by atoms with Crippen molar-refractivity contribution in [3.05, 3.63) is 28.8 Å². The van der Waals surface area contributed by atoms with Crippen LogP contribution in [0.3, 0.4) is 0 Å². The summed E-state index contributed by atoms with van der Waals surface area (Å²) in [6.45, 7) is 12.0. The first-order chi connectivity index (χ1) is 9.35. The highest BCUT2D eigenvalue weighted by atomic mass is 35.5. The predicted octanol–water partition coefficient (Wildman–Crippen LogP) is 4.49. The summed E-state index contributed by atoms with van der Waals surface area (Å²) in [7, 11) is 0. The van der Waals surface area contributed by atoms with Gasteiger partial charge in [0.15, 0.2) is 0 Å². The molecule has 2 N–H and O–H groups in total. The Kier molecular flexibility index (Phi) is 6.84. The summed E-state index contributed by atoms with van der Waals surface area (Å²) >= 11 is 6.50. The topological polar surface area (TPSA) is 29.3 Å². The minimum atomic E-state index is 0.216. The lowest BCUT2D eigenvalue weighted by Gasteiger charge is -2.31. The Morgan fingerprint density at radius 2 is 1.85 bits per heavy atom. The van der Waals surface area contributed by atoms with Gasteiger partial charge in [-0.05, 0) is 50.3 Å². The third kappa shape index (κ3) is 4.99. The fourth-order valence-electron chi connectivity index (χ4n) is 2.34. The van der Waals surface area contributed by atoms with E-state index in [2.05, 4.69) is 57.7 Å². The summed E-state index contributed by atoms with van der Waals surface area (Å²) in [5.41, 5.74) is 8.37. The number of hydrogen-bond donors (Lipinski definition) is 1. The molecule has 0 aliphatic heterocycles. The van der Waals surface area contributed by atoms with Crippen LogP contribution in [0.15, 0.2) is 18.2 Å². The monoisotopic (exact) mass is 296 g/mol. The average molecular weight is 297 g/mol. The maximum absolute atomic E-state index is 6.50. The van der Waals surface area contributed by atoms with Gasteiger partial charge in [-0.15, -0.1) is 0 Å². The molecule has 0 saturated heterocycles. The van der Waals surface area contributed by atoms with Gasteiger partial charge in [-0.3, -0.25) is 0 Å². The van der Waals surface area contributed by atoms with Crippen LogP contribution in [0.5, 0.6) is 0 Å². The molecule has 0 aliphatic carbocycles. The van der Waals surface area contributed by atoms with Gasteiger partial charge >= 0.3 is 0 Å². The molecule has 1 atom stereocenters. The Labute approximate surface area is 129 Å². The molecule has 0 aliphatic rings. The Morgan fingerprint density at radius 3 is 2.30 bits per heavy atom. The quantitative estimate of drug-likeness (QED) is 0.803. The summed E-state index contributed by atoms with van der Waals surface area (Å²) in [5, 5.41) is 0.833. The van der Waals surface area contributed by atoms with Gasteiger partial charge in [0.05, 0.1) is 10.7 Å². The van der Waals surface area contributed by atoms with E-state index >= 15 is 0 Å². The van der Waals surface area contributed by atoms with Crippen LogP contribution in [0.4, 0.5) is 5.69 Å². The number of nitrogens with two attached hydrogens (primary N) is 1. The summed E-state index contributed by atoms with van der Waals surface area (Å²) < 4.78 is 0. The van der Waals surface area contributed by atoms with Gasteiger partial charge in [0.2, 0.25) is 0 Å². The first-order valence-electron chi connectivity index (χ1n) is 7.65. The zero-order valence-electron chi connectivity index (χ0n) is 13.5. The lowest BCUT2D eigenvalue weighted by atomic mass is 10.0. The zero-order valence-corrected chi connectivity index (χ0v) is 14.2. The minimum Gasteiger partial charge on any atom is -0.368 e. The number of hydrogen-bond acceptors (Lipinski definition) is 2. The van der Waals surface area contributed by atoms with Gasteiger partial charge < -0.3 is 10.6 Å². The summed E-state index contributed by atoms with van der Waals surface area (Å²) in [4.78, 5) is 2.37. The van der Waals surface area contributed by atoms with Crippen LogP contribution in [0.2, 0.25) is 5.02 Å². The van der Waals surface area contributed by atoms with Crippen molar-refractivity contribution in [3.63, 3.8) is 0 Å². The fourth-order valence-corrected chi connectivity index (χ4v) is 2.65. The van der Waals surface area contributed by atoms with Crippen molar-refractivity contribution in [1.82, 2.24) is 0 Å². The van der Waals surface area contributed by atoms with Crippen LogP contribution < -0.4 is 10.6 Å². The molecule has 114 valence electrons. The first kappa shape index (κ1) is 17.3. The van der Waals surface area contributed by atoms with Crippen molar-refractivity contribution in [2.24, 2.45) is 11.7 Å². The molecule has 1 unspecified atom stereocenters. The second kappa shape index (κ2) is 7.90. The van der Waals surface area contributed by atoms with E-state index in [4.69, 9.17) is 17.3 Å². The molecule has 0 radical (unpaired) electrons. The van der Waals surface area contributed by atoms with Crippen LogP contribution in [0.1, 0.15) is 46.6 Å². The van der Waals surface area contributed by atoms with Gasteiger partial charge in [-0.25, -0.2) is 0 Å². The Hall–Kier alpha value is -0.730. The molecule has 0 amide bonds. The molecule has 3 heteroatoms. The van der Waals surface area contributed by atoms with Crippen LogP contribution in [-0.4, -0.2) is 18.6 Å². The van der Waals surface area contributed by atoms with Crippen LogP contribution in [-0.2, 0) is 6.42 Å². The van der Waals surface area contributed by atoms with Crippen molar-refractivity contribution in [3.8, 4) is 0 Å². The van der Waals surface area contributed by atoms with E-state index in [9.17, 15) is 0 Å². The number of anilines is 1. The van der Waals surface area contributed by atoms with Crippen molar-refractivity contribution >= 4 is 17.3 Å². The molecule has 1 aromatic rings. The summed E-state index contributed by atoms with van der Waals surface area (Å²) in [5.74, 6) is 0.613. The van der Waals surface area contributed by atoms with Crippen LogP contribution >= 0.6 is 11.6 Å². The van der Waals surface area contributed by atoms with Crippen molar-refractivity contribution in [2.75, 3.05) is 11.4 Å². The van der Waals surface area contributed by atoms with Gasteiger partial charge in [0.25, 0.3) is 0 Å². The third-order valence-corrected chi connectivity index (χ3v) is 3.83. The molecule has 0 fully saturated rings. The van der Waals surface area contributed by atoms with Gasteiger partial charge in [-0.2, -0.15) is 0 Å². The largest absolute Gasteiger partial charge is 0.368 e. The minimum absolute atomic E-state index is 0.216. The van der Waals surface area contributed by atoms with Crippen molar-refractivity contribution in [1.29, 1.82) is 0 Å². The highest BCUT2D eigenvalue weighted by molar-refractivity contribution is 6.33. The number of nitrogens with zero attached hydrogens (tertiary/aromatic N) is 1. The van der Waals surface area contributed by atoms with E-state index < -0.39 is 0 Å². The summed E-state index contributed by atoms with van der Waals surface area (Å²) in [6, 6.07) is 7.03. The van der Waals surface area contributed by atoms with Gasteiger partial charge in [0.1, 0.15) is 0 Å². The lowest BCUT2D eigenvalue weighted by molar-refractivity contribution is 0.571. The number of rotatable bonds is 7. The molecule has 0 spiro atoms. The molecule has 1 rings (SSSR count). The van der Waals surface area contributed by atoms with Crippen LogP contribution in [0, 0.1) is 5.92 Å². The van der Waals surface area contributed by atoms with E-state index in [1.54, 1.807) is 0 Å². The maximum Gasteiger partial charge on any atom is 0.0642 e. The molecular weight excluding hydrogens is 268 g/mol. The van der Waals surface area contributed by atoms with E-state index in [1.165, 1.54) is 5.56 Å². The summed E-state index contributed by atoms with van der Waals surface area (Å²) in [6.07, 6.45) is 1.88. The van der Waals surface area contributed by atoms with Crippen LogP contribution in [0.25, 0.3) is 0 Å². The SMILES string of the molecule is CCC(N)Cc1ccc(N(CC(C)C)C(C)C)c(Cl)c1.